The molecule has 0 bridgehead atoms. The van der Waals surface area contributed by atoms with Gasteiger partial charge in [0, 0.05) is 25.9 Å². The number of hydrogen-bond donors (Lipinski definition) is 2. The fourth-order valence-electron chi connectivity index (χ4n) is 2.37. The largest absolute Gasteiger partial charge is 0.486 e. The predicted octanol–water partition coefficient (Wildman–Crippen LogP) is 3.39. The Labute approximate surface area is 194 Å². The maximum atomic E-state index is 13.7. The van der Waals surface area contributed by atoms with Crippen LogP contribution in [0.15, 0.2) is 47.6 Å². The molecule has 0 aliphatic carbocycles. The number of pyridine rings is 1. The Morgan fingerprint density at radius 3 is 2.63 bits per heavy atom. The van der Waals surface area contributed by atoms with Gasteiger partial charge in [0.25, 0.3) is 0 Å². The molecule has 9 heteroatoms. The van der Waals surface area contributed by atoms with Crippen molar-refractivity contribution in [1.82, 2.24) is 15.6 Å². The van der Waals surface area contributed by atoms with E-state index in [0.29, 0.717) is 38.1 Å². The molecule has 166 valence electrons. The van der Waals surface area contributed by atoms with Crippen LogP contribution in [-0.4, -0.2) is 50.5 Å². The quantitative estimate of drug-likeness (QED) is 0.200. The summed E-state index contributed by atoms with van der Waals surface area (Å²) in [5.74, 6) is 1.07. The van der Waals surface area contributed by atoms with Crippen LogP contribution < -0.4 is 20.1 Å². The molecule has 0 radical (unpaired) electrons. The lowest BCUT2D eigenvalue weighted by Gasteiger charge is -2.18. The minimum Gasteiger partial charge on any atom is -0.486 e. The number of halogens is 2. The summed E-state index contributed by atoms with van der Waals surface area (Å²) in [6.45, 7) is 6.50. The summed E-state index contributed by atoms with van der Waals surface area (Å²) in [7, 11) is 1.63. The predicted molar refractivity (Wildman–Crippen MR) is 126 cm³/mol. The third-order valence-corrected chi connectivity index (χ3v) is 3.82. The van der Waals surface area contributed by atoms with Gasteiger partial charge in [-0.1, -0.05) is 18.2 Å². The van der Waals surface area contributed by atoms with Crippen molar-refractivity contribution in [2.24, 2.45) is 4.99 Å². The molecule has 0 saturated heterocycles. The highest BCUT2D eigenvalue weighted by molar-refractivity contribution is 14.0. The van der Waals surface area contributed by atoms with Gasteiger partial charge in [0.2, 0.25) is 5.88 Å². The van der Waals surface area contributed by atoms with Gasteiger partial charge in [0.1, 0.15) is 12.7 Å². The van der Waals surface area contributed by atoms with Crippen molar-refractivity contribution in [3.8, 4) is 11.6 Å². The summed E-state index contributed by atoms with van der Waals surface area (Å²) in [6, 6.07) is 10.1. The number of aromatic nitrogens is 1. The fraction of sp³-hybridized carbons (Fsp3) is 0.429. The second-order valence-electron chi connectivity index (χ2n) is 6.28. The van der Waals surface area contributed by atoms with Crippen LogP contribution in [-0.2, 0) is 11.3 Å². The number of hydrogen-bond acceptors (Lipinski definition) is 5. The highest BCUT2D eigenvalue weighted by Crippen LogP contribution is 2.16. The Hall–Kier alpha value is -2.14. The molecule has 2 rings (SSSR count). The molecule has 0 saturated carbocycles. The zero-order chi connectivity index (χ0) is 20.9. The normalized spacial score (nSPS) is 11.9. The van der Waals surface area contributed by atoms with Crippen molar-refractivity contribution >= 4 is 29.9 Å². The van der Waals surface area contributed by atoms with Crippen molar-refractivity contribution in [2.45, 2.75) is 26.5 Å². The molecular formula is C21H30FIN4O3. The number of rotatable bonds is 11. The summed E-state index contributed by atoms with van der Waals surface area (Å²) < 4.78 is 29.7. The maximum absolute atomic E-state index is 13.7. The first-order chi connectivity index (χ1) is 14.1. The Morgan fingerprint density at radius 2 is 1.97 bits per heavy atom. The van der Waals surface area contributed by atoms with Gasteiger partial charge in [0.15, 0.2) is 17.5 Å². The molecule has 1 unspecified atom stereocenters. The van der Waals surface area contributed by atoms with Crippen LogP contribution in [0, 0.1) is 5.82 Å². The van der Waals surface area contributed by atoms with E-state index in [9.17, 15) is 4.39 Å². The van der Waals surface area contributed by atoms with E-state index in [1.165, 1.54) is 6.07 Å². The van der Waals surface area contributed by atoms with Crippen LogP contribution in [0.3, 0.4) is 0 Å². The molecule has 30 heavy (non-hydrogen) atoms. The summed E-state index contributed by atoms with van der Waals surface area (Å²) in [6.07, 6.45) is 1.50. The van der Waals surface area contributed by atoms with Gasteiger partial charge < -0.3 is 24.8 Å². The number of benzene rings is 1. The molecule has 0 aliphatic heterocycles. The first-order valence-corrected chi connectivity index (χ1v) is 9.62. The smallest absolute Gasteiger partial charge is 0.213 e. The van der Waals surface area contributed by atoms with Crippen LogP contribution in [0.25, 0.3) is 0 Å². The number of ether oxygens (including phenoxy) is 3. The summed E-state index contributed by atoms with van der Waals surface area (Å²) >= 11 is 0. The van der Waals surface area contributed by atoms with Gasteiger partial charge in [-0.3, -0.25) is 0 Å². The van der Waals surface area contributed by atoms with Crippen molar-refractivity contribution in [1.29, 1.82) is 0 Å². The molecular weight excluding hydrogens is 502 g/mol. The molecule has 1 heterocycles. The molecule has 2 N–H and O–H groups in total. The summed E-state index contributed by atoms with van der Waals surface area (Å²) in [5, 5.41) is 6.39. The van der Waals surface area contributed by atoms with E-state index in [1.54, 1.807) is 31.5 Å². The van der Waals surface area contributed by atoms with E-state index in [-0.39, 0.29) is 41.6 Å². The first kappa shape index (κ1) is 25.9. The first-order valence-electron chi connectivity index (χ1n) is 9.62. The summed E-state index contributed by atoms with van der Waals surface area (Å²) in [4.78, 5) is 8.81. The molecule has 0 fully saturated rings. The molecule has 7 nitrogen and oxygen atoms in total. The van der Waals surface area contributed by atoms with Crippen LogP contribution in [0.2, 0.25) is 0 Å². The standard InChI is InChI=1S/C21H29FN4O3.HI/c1-4-23-21(25-13-16(2)29-19-8-6-5-7-18(19)22)26-15-17-9-10-20(24-14-17)28-12-11-27-3;/h5-10,14,16H,4,11-13,15H2,1-3H3,(H2,23,25,26);1H. The van der Waals surface area contributed by atoms with Crippen LogP contribution in [0.4, 0.5) is 4.39 Å². The lowest BCUT2D eigenvalue weighted by Crippen LogP contribution is -2.41. The number of methoxy groups -OCH3 is 1. The van der Waals surface area contributed by atoms with Crippen LogP contribution in [0.5, 0.6) is 11.6 Å². The zero-order valence-electron chi connectivity index (χ0n) is 17.6. The van der Waals surface area contributed by atoms with Gasteiger partial charge in [-0.25, -0.2) is 14.4 Å². The van der Waals surface area contributed by atoms with Crippen molar-refractivity contribution in [3.05, 3.63) is 54.0 Å². The second kappa shape index (κ2) is 14.8. The monoisotopic (exact) mass is 532 g/mol. The van der Waals surface area contributed by atoms with Crippen LogP contribution in [0.1, 0.15) is 19.4 Å². The molecule has 0 spiro atoms. The minimum absolute atomic E-state index is 0. The van der Waals surface area contributed by atoms with Crippen molar-refractivity contribution in [3.63, 3.8) is 0 Å². The molecule has 0 amide bonds. The highest BCUT2D eigenvalue weighted by Gasteiger charge is 2.09. The van der Waals surface area contributed by atoms with Crippen molar-refractivity contribution in [2.75, 3.05) is 33.4 Å². The topological polar surface area (TPSA) is 77.0 Å². The van der Waals surface area contributed by atoms with Crippen molar-refractivity contribution < 1.29 is 18.6 Å². The number of nitrogens with one attached hydrogen (secondary N) is 2. The Kier molecular flexibility index (Phi) is 12.8. The molecule has 2 aromatic rings. The third kappa shape index (κ3) is 9.57. The van der Waals surface area contributed by atoms with E-state index in [0.717, 1.165) is 12.1 Å². The maximum Gasteiger partial charge on any atom is 0.213 e. The number of para-hydroxylation sites is 1. The summed E-state index contributed by atoms with van der Waals surface area (Å²) in [5.41, 5.74) is 0.956. The molecule has 0 aliphatic rings. The number of aliphatic imine (C=N–C) groups is 1. The Balaban J connectivity index is 0.00000450. The van der Waals surface area contributed by atoms with Gasteiger partial charge in [0.05, 0.1) is 19.7 Å². The zero-order valence-corrected chi connectivity index (χ0v) is 19.9. The lowest BCUT2D eigenvalue weighted by atomic mass is 10.3. The van der Waals surface area contributed by atoms with Gasteiger partial charge in [-0.15, -0.1) is 24.0 Å². The Morgan fingerprint density at radius 1 is 1.17 bits per heavy atom. The average Bonchev–Trinajstić information content (AvgIpc) is 2.73. The van der Waals surface area contributed by atoms with Gasteiger partial charge in [-0.2, -0.15) is 0 Å². The van der Waals surface area contributed by atoms with Gasteiger partial charge in [-0.05, 0) is 31.5 Å². The Bertz CT molecular complexity index is 762. The average molecular weight is 532 g/mol. The van der Waals surface area contributed by atoms with E-state index >= 15 is 0 Å². The molecule has 1 atom stereocenters. The van der Waals surface area contributed by atoms with E-state index in [4.69, 9.17) is 14.2 Å². The number of nitrogens with zero attached hydrogens (tertiary/aromatic N) is 2. The SMILES string of the molecule is CCNC(=NCc1ccc(OCCOC)nc1)NCC(C)Oc1ccccc1F.I. The molecule has 1 aromatic carbocycles. The van der Waals surface area contributed by atoms with E-state index in [1.807, 2.05) is 26.0 Å². The van der Waals surface area contributed by atoms with E-state index < -0.39 is 0 Å². The number of guanidine groups is 1. The third-order valence-electron chi connectivity index (χ3n) is 3.82. The minimum atomic E-state index is -0.373. The lowest BCUT2D eigenvalue weighted by molar-refractivity contribution is 0.143. The van der Waals surface area contributed by atoms with E-state index in [2.05, 4.69) is 20.6 Å². The highest BCUT2D eigenvalue weighted by atomic mass is 127. The van der Waals surface area contributed by atoms with Gasteiger partial charge >= 0.3 is 0 Å². The second-order valence-corrected chi connectivity index (χ2v) is 6.28. The molecule has 1 aromatic heterocycles. The fourth-order valence-corrected chi connectivity index (χ4v) is 2.37. The van der Waals surface area contributed by atoms with Crippen LogP contribution >= 0.6 is 24.0 Å².